The average molecular weight is 693 g/mol. The third-order valence-corrected chi connectivity index (χ3v) is 6.95. The molecular formula is C30H53F9N2O5. The summed E-state index contributed by atoms with van der Waals surface area (Å²) in [5.41, 5.74) is -1.32. The van der Waals surface area contributed by atoms with Crippen LogP contribution in [0.1, 0.15) is 109 Å². The van der Waals surface area contributed by atoms with Crippen LogP contribution < -0.4 is 10.6 Å². The molecule has 2 atom stereocenters. The van der Waals surface area contributed by atoms with Crippen LogP contribution in [0, 0.1) is 16.7 Å². The van der Waals surface area contributed by atoms with Crippen molar-refractivity contribution in [3.8, 4) is 0 Å². The summed E-state index contributed by atoms with van der Waals surface area (Å²) in [7, 11) is 0. The second-order valence-electron chi connectivity index (χ2n) is 12.9. The number of esters is 1. The van der Waals surface area contributed by atoms with Crippen molar-refractivity contribution in [1.82, 2.24) is 10.6 Å². The van der Waals surface area contributed by atoms with Gasteiger partial charge in [0.2, 0.25) is 11.8 Å². The number of carbonyl (C=O) groups is 3. The van der Waals surface area contributed by atoms with Gasteiger partial charge in [-0.2, -0.15) is 39.5 Å². The van der Waals surface area contributed by atoms with Gasteiger partial charge in [0.05, 0.1) is 11.5 Å². The van der Waals surface area contributed by atoms with Gasteiger partial charge in [0.1, 0.15) is 6.61 Å². The van der Waals surface area contributed by atoms with Crippen LogP contribution in [0.15, 0.2) is 0 Å². The fraction of sp³-hybridized carbons (Fsp3) is 0.900. The fourth-order valence-corrected chi connectivity index (χ4v) is 2.63. The molecule has 0 rings (SSSR count). The van der Waals surface area contributed by atoms with E-state index in [0.29, 0.717) is 0 Å². The van der Waals surface area contributed by atoms with Gasteiger partial charge in [-0.1, -0.05) is 41.5 Å². The lowest BCUT2D eigenvalue weighted by molar-refractivity contribution is -0.398. The van der Waals surface area contributed by atoms with Crippen LogP contribution in [0.3, 0.4) is 0 Å². The molecule has 2 amide bonds. The molecule has 0 aliphatic heterocycles. The van der Waals surface area contributed by atoms with E-state index in [2.05, 4.69) is 15.4 Å². The van der Waals surface area contributed by atoms with E-state index in [4.69, 9.17) is 0 Å². The Hall–Kier alpha value is -2.26. The standard InChI is InChI=1S/C13H17F9O3.C9H19NO.C8H17NO/c1-4-9(2,3)8(24)25-6-7(23)5-10(14,15)11(16,17)12(18,19)13(20,21)22;1-6-9(4,5)8(11)10-7(2)3;1-5-7(4)8(10)9-6(2)3/h7,23H,4-6H2,1-3H3;7H,6H2,1-5H3,(H,10,11);6-7H,5H2,1-4H3,(H,9,10). The summed E-state index contributed by atoms with van der Waals surface area (Å²) >= 11 is 0. The molecule has 0 aromatic carbocycles. The molecular weight excluding hydrogens is 639 g/mol. The highest BCUT2D eigenvalue weighted by atomic mass is 19.4. The topological polar surface area (TPSA) is 105 Å². The van der Waals surface area contributed by atoms with Gasteiger partial charge in [-0.25, -0.2) is 0 Å². The SMILES string of the molecule is CCC(C)(C)C(=O)NC(C)C.CCC(C)(C)C(=O)OCC(O)CC(F)(F)C(F)(F)C(F)(F)C(F)(F)F.CCC(C)C(=O)NC(C)C. The lowest BCUT2D eigenvalue weighted by Crippen LogP contribution is -2.61. The van der Waals surface area contributed by atoms with Crippen LogP contribution >= 0.6 is 0 Å². The molecule has 0 spiro atoms. The summed E-state index contributed by atoms with van der Waals surface area (Å²) in [4.78, 5) is 34.0. The first-order valence-corrected chi connectivity index (χ1v) is 15.0. The Labute approximate surface area is 266 Å². The first-order valence-electron chi connectivity index (χ1n) is 15.0. The van der Waals surface area contributed by atoms with Crippen molar-refractivity contribution in [3.63, 3.8) is 0 Å². The Balaban J connectivity index is -0.000000722. The average Bonchev–Trinajstić information content (AvgIpc) is 2.89. The number of aliphatic hydroxyl groups is 1. The molecule has 0 fully saturated rings. The highest BCUT2D eigenvalue weighted by Crippen LogP contribution is 2.54. The minimum absolute atomic E-state index is 0.148. The van der Waals surface area contributed by atoms with Gasteiger partial charge in [0.15, 0.2) is 0 Å². The number of rotatable bonds is 14. The molecule has 0 aromatic heterocycles. The Morgan fingerprint density at radius 1 is 0.696 bits per heavy atom. The van der Waals surface area contributed by atoms with Crippen molar-refractivity contribution in [1.29, 1.82) is 0 Å². The zero-order valence-electron chi connectivity index (χ0n) is 28.8. The second kappa shape index (κ2) is 18.9. The molecule has 16 heteroatoms. The van der Waals surface area contributed by atoms with Crippen molar-refractivity contribution in [2.75, 3.05) is 6.61 Å². The van der Waals surface area contributed by atoms with E-state index in [0.717, 1.165) is 12.8 Å². The van der Waals surface area contributed by atoms with E-state index in [1.54, 1.807) is 6.92 Å². The maximum absolute atomic E-state index is 13.3. The highest BCUT2D eigenvalue weighted by molar-refractivity contribution is 5.81. The molecule has 0 saturated carbocycles. The van der Waals surface area contributed by atoms with E-state index in [1.807, 2.05) is 62.3 Å². The minimum Gasteiger partial charge on any atom is -0.463 e. The molecule has 3 N–H and O–H groups in total. The van der Waals surface area contributed by atoms with Crippen molar-refractivity contribution in [3.05, 3.63) is 0 Å². The third kappa shape index (κ3) is 15.6. The van der Waals surface area contributed by atoms with Gasteiger partial charge in [0, 0.05) is 29.8 Å². The summed E-state index contributed by atoms with van der Waals surface area (Å²) in [6, 6.07) is 0.509. The van der Waals surface area contributed by atoms with Crippen LogP contribution in [-0.4, -0.2) is 71.6 Å². The fourth-order valence-electron chi connectivity index (χ4n) is 2.63. The highest BCUT2D eigenvalue weighted by Gasteiger charge is 2.81. The maximum Gasteiger partial charge on any atom is 0.460 e. The van der Waals surface area contributed by atoms with E-state index < -0.39 is 54.5 Å². The van der Waals surface area contributed by atoms with Crippen molar-refractivity contribution >= 4 is 17.8 Å². The van der Waals surface area contributed by atoms with E-state index in [9.17, 15) is 59.0 Å². The van der Waals surface area contributed by atoms with E-state index in [1.165, 1.54) is 13.8 Å². The normalized spacial score (nSPS) is 14.3. The number of nitrogens with one attached hydrogen (secondary N) is 2. The molecule has 0 aliphatic rings. The van der Waals surface area contributed by atoms with Crippen LogP contribution in [-0.2, 0) is 19.1 Å². The third-order valence-electron chi connectivity index (χ3n) is 6.95. The molecule has 46 heavy (non-hydrogen) atoms. The largest absolute Gasteiger partial charge is 0.463 e. The summed E-state index contributed by atoms with van der Waals surface area (Å²) in [6.07, 6.45) is -9.95. The molecule has 0 radical (unpaired) electrons. The predicted octanol–water partition coefficient (Wildman–Crippen LogP) is 7.69. The Morgan fingerprint density at radius 3 is 1.43 bits per heavy atom. The number of amides is 2. The van der Waals surface area contributed by atoms with Gasteiger partial charge in [0.25, 0.3) is 0 Å². The summed E-state index contributed by atoms with van der Waals surface area (Å²) < 4.78 is 118. The second-order valence-corrected chi connectivity index (χ2v) is 12.9. The summed E-state index contributed by atoms with van der Waals surface area (Å²) in [5, 5.41) is 14.9. The molecule has 0 aliphatic carbocycles. The van der Waals surface area contributed by atoms with Gasteiger partial charge >= 0.3 is 29.9 Å². The van der Waals surface area contributed by atoms with Crippen LogP contribution in [0.25, 0.3) is 0 Å². The van der Waals surface area contributed by atoms with Crippen molar-refractivity contribution < 1.29 is 63.7 Å². The summed E-state index contributed by atoms with van der Waals surface area (Å²) in [5.74, 6) is -20.3. The van der Waals surface area contributed by atoms with Crippen LogP contribution in [0.4, 0.5) is 39.5 Å². The molecule has 276 valence electrons. The molecule has 0 aromatic rings. The lowest BCUT2D eigenvalue weighted by atomic mass is 9.89. The van der Waals surface area contributed by atoms with E-state index in [-0.39, 0.29) is 41.7 Å². The number of carbonyl (C=O) groups excluding carboxylic acids is 3. The molecule has 7 nitrogen and oxygen atoms in total. The Bertz CT molecular complexity index is 938. The first-order chi connectivity index (χ1) is 20.3. The molecule has 0 heterocycles. The predicted molar refractivity (Wildman–Crippen MR) is 157 cm³/mol. The van der Waals surface area contributed by atoms with Crippen molar-refractivity contribution in [2.45, 2.75) is 151 Å². The van der Waals surface area contributed by atoms with Gasteiger partial charge in [-0.05, 0) is 60.8 Å². The molecule has 0 saturated heterocycles. The minimum atomic E-state index is -7.02. The monoisotopic (exact) mass is 692 g/mol. The molecule has 0 bridgehead atoms. The number of ether oxygens (including phenoxy) is 1. The van der Waals surface area contributed by atoms with Crippen molar-refractivity contribution in [2.24, 2.45) is 16.7 Å². The van der Waals surface area contributed by atoms with E-state index >= 15 is 0 Å². The maximum atomic E-state index is 13.3. The quantitative estimate of drug-likeness (QED) is 0.128. The van der Waals surface area contributed by atoms with Gasteiger partial charge in [-0.15, -0.1) is 0 Å². The zero-order valence-corrected chi connectivity index (χ0v) is 28.8. The lowest BCUT2D eigenvalue weighted by Gasteiger charge is -2.34. The number of aliphatic hydroxyl groups excluding tert-OH is 1. The van der Waals surface area contributed by atoms with Gasteiger partial charge < -0.3 is 20.5 Å². The smallest absolute Gasteiger partial charge is 0.460 e. The first kappa shape index (κ1) is 48.1. The van der Waals surface area contributed by atoms with Gasteiger partial charge in [-0.3, -0.25) is 14.4 Å². The number of hydrogen-bond donors (Lipinski definition) is 3. The zero-order chi connectivity index (χ0) is 37.7. The number of hydrogen-bond acceptors (Lipinski definition) is 5. The Morgan fingerprint density at radius 2 is 1.11 bits per heavy atom. The molecule has 2 unspecified atom stereocenters. The number of halogens is 9. The van der Waals surface area contributed by atoms with Crippen LogP contribution in [0.5, 0.6) is 0 Å². The Kier molecular flexibility index (Phi) is 19.8. The number of alkyl halides is 9. The van der Waals surface area contributed by atoms with Crippen LogP contribution in [0.2, 0.25) is 0 Å². The summed E-state index contributed by atoms with van der Waals surface area (Å²) in [6.45, 7) is 20.9.